The summed E-state index contributed by atoms with van der Waals surface area (Å²) in [5, 5.41) is 12.4. The van der Waals surface area contributed by atoms with Crippen molar-refractivity contribution in [3.05, 3.63) is 28.8 Å². The van der Waals surface area contributed by atoms with Gasteiger partial charge in [-0.15, -0.1) is 0 Å². The van der Waals surface area contributed by atoms with Crippen LogP contribution in [0.15, 0.2) is 12.1 Å². The Balaban J connectivity index is 1.74. The number of nitrogens with zero attached hydrogens (tertiary/aromatic N) is 1. The second-order valence-corrected chi connectivity index (χ2v) is 7.22. The van der Waals surface area contributed by atoms with Crippen LogP contribution in [0.25, 0.3) is 0 Å². The van der Waals surface area contributed by atoms with Gasteiger partial charge in [-0.1, -0.05) is 6.07 Å². The number of aliphatic hydroxyl groups is 1. The number of hydrogen-bond acceptors (Lipinski definition) is 4. The number of benzene rings is 1. The van der Waals surface area contributed by atoms with Crippen LogP contribution < -0.4 is 10.1 Å². The van der Waals surface area contributed by atoms with Gasteiger partial charge in [0.2, 0.25) is 0 Å². The molecule has 0 radical (unpaired) electrons. The first-order chi connectivity index (χ1) is 11.7. The maximum absolute atomic E-state index is 8.87. The summed E-state index contributed by atoms with van der Waals surface area (Å²) in [5.41, 5.74) is 4.15. The number of ether oxygens (including phenoxy) is 1. The average molecular weight is 332 g/mol. The van der Waals surface area contributed by atoms with Crippen molar-refractivity contribution in [2.24, 2.45) is 0 Å². The Kier molecular flexibility index (Phi) is 6.14. The third-order valence-electron chi connectivity index (χ3n) is 5.76. The summed E-state index contributed by atoms with van der Waals surface area (Å²) in [5.74, 6) is 1.00. The highest BCUT2D eigenvalue weighted by Crippen LogP contribution is 2.38. The molecule has 2 saturated heterocycles. The highest BCUT2D eigenvalue weighted by atomic mass is 16.5. The number of rotatable bonds is 6. The first kappa shape index (κ1) is 17.7. The molecule has 4 nitrogen and oxygen atoms in total. The summed E-state index contributed by atoms with van der Waals surface area (Å²) < 4.78 is 5.93. The standard InChI is InChI=1S/C20H32N2O2/c1-15-16(2)20(24-13-4-3-12-23)9-8-18(15)19-7-5-6-17-14-21-10-11-22(17)19/h8-9,17,19,21,23H,3-7,10-14H2,1-2H3/t17-,19+/m0/s1. The molecule has 0 unspecified atom stereocenters. The van der Waals surface area contributed by atoms with Crippen molar-refractivity contribution in [2.45, 2.75) is 58.0 Å². The zero-order valence-electron chi connectivity index (χ0n) is 15.2. The molecule has 4 heteroatoms. The third kappa shape index (κ3) is 3.76. The number of nitrogens with one attached hydrogen (secondary N) is 1. The van der Waals surface area contributed by atoms with E-state index in [1.807, 2.05) is 0 Å². The SMILES string of the molecule is Cc1c(OCCCCO)ccc([C@H]2CCC[C@H]3CNCCN32)c1C. The summed E-state index contributed by atoms with van der Waals surface area (Å²) in [4.78, 5) is 2.73. The van der Waals surface area contributed by atoms with Crippen LogP contribution in [0.2, 0.25) is 0 Å². The maximum Gasteiger partial charge on any atom is 0.122 e. The van der Waals surface area contributed by atoms with Crippen molar-refractivity contribution in [1.29, 1.82) is 0 Å². The van der Waals surface area contributed by atoms with Crippen LogP contribution in [0.3, 0.4) is 0 Å². The van der Waals surface area contributed by atoms with E-state index in [-0.39, 0.29) is 6.61 Å². The lowest BCUT2D eigenvalue weighted by atomic mass is 9.86. The molecule has 134 valence electrons. The van der Waals surface area contributed by atoms with E-state index < -0.39 is 0 Å². The molecule has 24 heavy (non-hydrogen) atoms. The predicted octanol–water partition coefficient (Wildman–Crippen LogP) is 2.95. The average Bonchev–Trinajstić information content (AvgIpc) is 2.62. The van der Waals surface area contributed by atoms with Gasteiger partial charge in [0.05, 0.1) is 6.61 Å². The van der Waals surface area contributed by atoms with Gasteiger partial charge in [-0.05, 0) is 68.7 Å². The molecule has 1 aromatic carbocycles. The lowest BCUT2D eigenvalue weighted by molar-refractivity contribution is 0.0615. The van der Waals surface area contributed by atoms with Gasteiger partial charge in [0, 0.05) is 38.3 Å². The minimum absolute atomic E-state index is 0.244. The molecule has 0 bridgehead atoms. The highest BCUT2D eigenvalue weighted by molar-refractivity contribution is 5.45. The molecule has 0 amide bonds. The summed E-state index contributed by atoms with van der Waals surface area (Å²) in [6.07, 6.45) is 5.64. The van der Waals surface area contributed by atoms with Gasteiger partial charge in [0.15, 0.2) is 0 Å². The van der Waals surface area contributed by atoms with E-state index in [9.17, 15) is 0 Å². The van der Waals surface area contributed by atoms with Crippen molar-refractivity contribution in [2.75, 3.05) is 32.8 Å². The predicted molar refractivity (Wildman–Crippen MR) is 97.7 cm³/mol. The number of piperidine rings is 1. The molecule has 0 aromatic heterocycles. The van der Waals surface area contributed by atoms with E-state index in [0.717, 1.165) is 38.2 Å². The van der Waals surface area contributed by atoms with Crippen LogP contribution >= 0.6 is 0 Å². The first-order valence-electron chi connectivity index (χ1n) is 9.52. The van der Waals surface area contributed by atoms with Gasteiger partial charge >= 0.3 is 0 Å². The molecule has 0 saturated carbocycles. The van der Waals surface area contributed by atoms with Gasteiger partial charge in [-0.25, -0.2) is 0 Å². The van der Waals surface area contributed by atoms with Gasteiger partial charge in [0.1, 0.15) is 5.75 Å². The van der Waals surface area contributed by atoms with Crippen molar-refractivity contribution < 1.29 is 9.84 Å². The van der Waals surface area contributed by atoms with E-state index >= 15 is 0 Å². The molecule has 0 spiro atoms. The lowest BCUT2D eigenvalue weighted by Crippen LogP contribution is -2.54. The van der Waals surface area contributed by atoms with Gasteiger partial charge in [0.25, 0.3) is 0 Å². The molecule has 3 rings (SSSR count). The number of fused-ring (bicyclic) bond motifs is 1. The summed E-state index contributed by atoms with van der Waals surface area (Å²) in [6.45, 7) is 8.76. The number of unbranched alkanes of at least 4 members (excludes halogenated alkanes) is 1. The van der Waals surface area contributed by atoms with E-state index in [4.69, 9.17) is 9.84 Å². The third-order valence-corrected chi connectivity index (χ3v) is 5.76. The van der Waals surface area contributed by atoms with Gasteiger partial charge < -0.3 is 15.2 Å². The second kappa shape index (κ2) is 8.32. The first-order valence-corrected chi connectivity index (χ1v) is 9.52. The zero-order chi connectivity index (χ0) is 16.9. The summed E-state index contributed by atoms with van der Waals surface area (Å²) in [7, 11) is 0. The van der Waals surface area contributed by atoms with Crippen molar-refractivity contribution >= 4 is 0 Å². The van der Waals surface area contributed by atoms with Crippen LogP contribution in [-0.2, 0) is 0 Å². The molecular weight excluding hydrogens is 300 g/mol. The second-order valence-electron chi connectivity index (χ2n) is 7.22. The molecule has 2 atom stereocenters. The van der Waals surface area contributed by atoms with Crippen molar-refractivity contribution in [1.82, 2.24) is 10.2 Å². The van der Waals surface area contributed by atoms with E-state index in [2.05, 4.69) is 36.2 Å². The number of piperazine rings is 1. The molecule has 2 aliphatic heterocycles. The Hall–Kier alpha value is -1.10. The Morgan fingerprint density at radius 2 is 2.08 bits per heavy atom. The van der Waals surface area contributed by atoms with E-state index in [1.54, 1.807) is 0 Å². The fraction of sp³-hybridized carbons (Fsp3) is 0.700. The van der Waals surface area contributed by atoms with Gasteiger partial charge in [-0.2, -0.15) is 0 Å². The van der Waals surface area contributed by atoms with Crippen LogP contribution in [0.1, 0.15) is 54.8 Å². The lowest BCUT2D eigenvalue weighted by Gasteiger charge is -2.46. The maximum atomic E-state index is 8.87. The van der Waals surface area contributed by atoms with Crippen LogP contribution in [-0.4, -0.2) is 48.9 Å². The Morgan fingerprint density at radius 1 is 1.21 bits per heavy atom. The largest absolute Gasteiger partial charge is 0.493 e. The van der Waals surface area contributed by atoms with E-state index in [0.29, 0.717) is 18.7 Å². The van der Waals surface area contributed by atoms with Crippen LogP contribution in [0, 0.1) is 13.8 Å². The molecule has 2 N–H and O–H groups in total. The fourth-order valence-electron chi connectivity index (χ4n) is 4.23. The van der Waals surface area contributed by atoms with Gasteiger partial charge in [-0.3, -0.25) is 4.90 Å². The van der Waals surface area contributed by atoms with Crippen molar-refractivity contribution in [3.8, 4) is 5.75 Å². The summed E-state index contributed by atoms with van der Waals surface area (Å²) in [6, 6.07) is 5.71. The Morgan fingerprint density at radius 3 is 2.92 bits per heavy atom. The highest BCUT2D eigenvalue weighted by Gasteiger charge is 2.33. The van der Waals surface area contributed by atoms with Crippen LogP contribution in [0.5, 0.6) is 5.75 Å². The normalized spacial score (nSPS) is 24.6. The quantitative estimate of drug-likeness (QED) is 0.786. The minimum Gasteiger partial charge on any atom is -0.493 e. The van der Waals surface area contributed by atoms with Crippen molar-refractivity contribution in [3.63, 3.8) is 0 Å². The number of aliphatic hydroxyl groups excluding tert-OH is 1. The molecule has 0 aliphatic carbocycles. The molecule has 2 aliphatic rings. The summed E-state index contributed by atoms with van der Waals surface area (Å²) >= 11 is 0. The Labute approximate surface area is 146 Å². The molecule has 1 aromatic rings. The topological polar surface area (TPSA) is 44.7 Å². The Bertz CT molecular complexity index is 545. The zero-order valence-corrected chi connectivity index (χ0v) is 15.2. The monoisotopic (exact) mass is 332 g/mol. The van der Waals surface area contributed by atoms with E-state index in [1.165, 1.54) is 36.0 Å². The van der Waals surface area contributed by atoms with Crippen LogP contribution in [0.4, 0.5) is 0 Å². The molecule has 2 heterocycles. The molecule has 2 fully saturated rings. The fourth-order valence-corrected chi connectivity index (χ4v) is 4.23. The minimum atomic E-state index is 0.244. The smallest absolute Gasteiger partial charge is 0.122 e. The molecular formula is C20H32N2O2. The number of hydrogen-bond donors (Lipinski definition) is 2.